The third kappa shape index (κ3) is 5.26. The molecule has 1 fully saturated rings. The summed E-state index contributed by atoms with van der Waals surface area (Å²) in [5.74, 6) is -0.698. The van der Waals surface area contributed by atoms with Gasteiger partial charge < -0.3 is 14.8 Å². The molecule has 0 saturated heterocycles. The molecule has 2 rings (SSSR count). The lowest BCUT2D eigenvalue weighted by molar-refractivity contribution is -0.384. The summed E-state index contributed by atoms with van der Waals surface area (Å²) in [5.41, 5.74) is 0.160. The molecule has 1 saturated carbocycles. The van der Waals surface area contributed by atoms with Gasteiger partial charge in [-0.2, -0.15) is 0 Å². The quantitative estimate of drug-likeness (QED) is 0.402. The van der Waals surface area contributed by atoms with E-state index in [1.165, 1.54) is 19.2 Å². The normalized spacial score (nSPS) is 16.5. The van der Waals surface area contributed by atoms with E-state index in [9.17, 15) is 19.7 Å². The van der Waals surface area contributed by atoms with E-state index in [4.69, 9.17) is 9.47 Å². The summed E-state index contributed by atoms with van der Waals surface area (Å²) in [6.45, 7) is 0.485. The number of hydrogen-bond acceptors (Lipinski definition) is 6. The highest BCUT2D eigenvalue weighted by Crippen LogP contribution is 2.41. The number of nitro benzene ring substituents is 1. The van der Waals surface area contributed by atoms with Crippen molar-refractivity contribution in [3.05, 3.63) is 39.9 Å². The Bertz CT molecular complexity index is 667. The smallest absolute Gasteiger partial charge is 0.328 e. The van der Waals surface area contributed by atoms with E-state index < -0.39 is 22.3 Å². The molecule has 0 aromatic heterocycles. The van der Waals surface area contributed by atoms with E-state index in [0.717, 1.165) is 25.7 Å². The second-order valence-corrected chi connectivity index (χ2v) is 6.91. The fourth-order valence-corrected chi connectivity index (χ4v) is 3.58. The van der Waals surface area contributed by atoms with Gasteiger partial charge in [-0.05, 0) is 24.8 Å². The molecule has 1 unspecified atom stereocenters. The van der Waals surface area contributed by atoms with E-state index in [1.807, 2.05) is 0 Å². The van der Waals surface area contributed by atoms with E-state index >= 15 is 0 Å². The Hall–Kier alpha value is -2.48. The van der Waals surface area contributed by atoms with Gasteiger partial charge >= 0.3 is 5.97 Å². The van der Waals surface area contributed by atoms with Crippen LogP contribution in [0.15, 0.2) is 24.3 Å². The van der Waals surface area contributed by atoms with Crippen LogP contribution in [0.3, 0.4) is 0 Å². The van der Waals surface area contributed by atoms with Crippen LogP contribution >= 0.6 is 0 Å². The van der Waals surface area contributed by atoms with Crippen LogP contribution in [0.25, 0.3) is 0 Å². The van der Waals surface area contributed by atoms with Crippen molar-refractivity contribution < 1.29 is 24.0 Å². The zero-order valence-electron chi connectivity index (χ0n) is 15.7. The topological polar surface area (TPSA) is 108 Å². The zero-order chi connectivity index (χ0) is 19.9. The average Bonchev–Trinajstić information content (AvgIpc) is 3.15. The molecule has 8 nitrogen and oxygen atoms in total. The highest BCUT2D eigenvalue weighted by atomic mass is 16.6. The van der Waals surface area contributed by atoms with Gasteiger partial charge in [-0.15, -0.1) is 0 Å². The van der Waals surface area contributed by atoms with Gasteiger partial charge in [0.25, 0.3) is 5.69 Å². The molecule has 0 spiro atoms. The van der Waals surface area contributed by atoms with Gasteiger partial charge in [0.05, 0.1) is 17.4 Å². The molecule has 148 valence electrons. The number of non-ortho nitro benzene ring substituents is 1. The number of esters is 1. The van der Waals surface area contributed by atoms with Gasteiger partial charge in [0.2, 0.25) is 5.91 Å². The first-order valence-electron chi connectivity index (χ1n) is 9.03. The molecule has 1 atom stereocenters. The minimum Gasteiger partial charge on any atom is -0.467 e. The van der Waals surface area contributed by atoms with Crippen LogP contribution < -0.4 is 5.32 Å². The Balaban J connectivity index is 2.12. The molecular formula is C19H26N2O6. The summed E-state index contributed by atoms with van der Waals surface area (Å²) in [5, 5.41) is 13.6. The largest absolute Gasteiger partial charge is 0.467 e. The van der Waals surface area contributed by atoms with Crippen LogP contribution in [-0.2, 0) is 25.5 Å². The van der Waals surface area contributed by atoms with Gasteiger partial charge in [0, 0.05) is 32.3 Å². The molecule has 1 amide bonds. The van der Waals surface area contributed by atoms with E-state index in [-0.39, 0.29) is 18.0 Å². The first-order valence-corrected chi connectivity index (χ1v) is 9.03. The predicted molar refractivity (Wildman–Crippen MR) is 98.1 cm³/mol. The number of carbonyl (C=O) groups excluding carboxylic acids is 2. The van der Waals surface area contributed by atoms with Crippen LogP contribution in [0.1, 0.15) is 37.7 Å². The first-order chi connectivity index (χ1) is 12.9. The average molecular weight is 378 g/mol. The van der Waals surface area contributed by atoms with E-state index in [2.05, 4.69) is 5.32 Å². The van der Waals surface area contributed by atoms with Crippen molar-refractivity contribution in [3.8, 4) is 0 Å². The summed E-state index contributed by atoms with van der Waals surface area (Å²) in [7, 11) is 2.87. The molecule has 0 heterocycles. The highest BCUT2D eigenvalue weighted by molar-refractivity contribution is 5.88. The molecule has 1 aromatic rings. The lowest BCUT2D eigenvalue weighted by atomic mass is 9.81. The Morgan fingerprint density at radius 2 is 1.85 bits per heavy atom. The number of nitro groups is 1. The molecule has 27 heavy (non-hydrogen) atoms. The molecule has 8 heteroatoms. The van der Waals surface area contributed by atoms with Crippen molar-refractivity contribution >= 4 is 17.6 Å². The Morgan fingerprint density at radius 3 is 2.37 bits per heavy atom. The van der Waals surface area contributed by atoms with Crippen LogP contribution in [0.4, 0.5) is 5.69 Å². The second kappa shape index (κ2) is 9.45. The van der Waals surface area contributed by atoms with E-state index in [1.54, 1.807) is 19.2 Å². The number of rotatable bonds is 9. The summed E-state index contributed by atoms with van der Waals surface area (Å²) in [4.78, 5) is 35.4. The number of carbonyl (C=O) groups is 2. The number of nitrogens with zero attached hydrogens (tertiary/aromatic N) is 1. The van der Waals surface area contributed by atoms with Crippen LogP contribution in [-0.4, -0.2) is 43.7 Å². The molecular weight excluding hydrogens is 352 g/mol. The predicted octanol–water partition coefficient (Wildman–Crippen LogP) is 2.39. The number of amides is 1. The number of hydrogen-bond donors (Lipinski definition) is 1. The molecule has 0 aliphatic heterocycles. The SMILES string of the molecule is COCCC1(C(=O)NC(Cc2ccc([N+](=O)[O-])cc2)C(=O)OC)CCCC1. The van der Waals surface area contributed by atoms with Gasteiger partial charge in [0.1, 0.15) is 6.04 Å². The van der Waals surface area contributed by atoms with Crippen molar-refractivity contribution in [3.63, 3.8) is 0 Å². The van der Waals surface area contributed by atoms with E-state index in [0.29, 0.717) is 18.6 Å². The summed E-state index contributed by atoms with van der Waals surface area (Å²) in [6, 6.07) is 5.07. The third-order valence-corrected chi connectivity index (χ3v) is 5.21. The van der Waals surface area contributed by atoms with Crippen LogP contribution in [0.2, 0.25) is 0 Å². The minimum atomic E-state index is -0.844. The third-order valence-electron chi connectivity index (χ3n) is 5.21. The number of nitrogens with one attached hydrogen (secondary N) is 1. The maximum atomic E-state index is 13.0. The molecule has 1 aromatic carbocycles. The Labute approximate surface area is 158 Å². The number of ether oxygens (including phenoxy) is 2. The lowest BCUT2D eigenvalue weighted by Crippen LogP contribution is -2.49. The highest BCUT2D eigenvalue weighted by Gasteiger charge is 2.42. The fraction of sp³-hybridized carbons (Fsp3) is 0.579. The molecule has 1 aliphatic rings. The zero-order valence-corrected chi connectivity index (χ0v) is 15.7. The number of methoxy groups -OCH3 is 2. The monoisotopic (exact) mass is 378 g/mol. The van der Waals surface area contributed by atoms with Crippen LogP contribution in [0.5, 0.6) is 0 Å². The maximum absolute atomic E-state index is 13.0. The van der Waals surface area contributed by atoms with Gasteiger partial charge in [0.15, 0.2) is 0 Å². The van der Waals surface area contributed by atoms with Gasteiger partial charge in [-0.3, -0.25) is 14.9 Å². The minimum absolute atomic E-state index is 0.0260. The number of benzene rings is 1. The standard InChI is InChI=1S/C19H26N2O6/c1-26-12-11-19(9-3-4-10-19)18(23)20-16(17(22)27-2)13-14-5-7-15(8-6-14)21(24)25/h5-8,16H,3-4,9-13H2,1-2H3,(H,20,23). The molecule has 1 aliphatic carbocycles. The second-order valence-electron chi connectivity index (χ2n) is 6.91. The first kappa shape index (κ1) is 20.8. The van der Waals surface area contributed by atoms with Crippen molar-refractivity contribution in [2.24, 2.45) is 5.41 Å². The van der Waals surface area contributed by atoms with Gasteiger partial charge in [-0.25, -0.2) is 4.79 Å². The molecule has 1 N–H and O–H groups in total. The van der Waals surface area contributed by atoms with Crippen LogP contribution in [0, 0.1) is 15.5 Å². The fourth-order valence-electron chi connectivity index (χ4n) is 3.58. The van der Waals surface area contributed by atoms with Crippen molar-refractivity contribution in [2.75, 3.05) is 20.8 Å². The summed E-state index contributed by atoms with van der Waals surface area (Å²) < 4.78 is 9.99. The van der Waals surface area contributed by atoms with Crippen molar-refractivity contribution in [2.45, 2.75) is 44.6 Å². The van der Waals surface area contributed by atoms with Crippen molar-refractivity contribution in [1.29, 1.82) is 0 Å². The Kier molecular flexibility index (Phi) is 7.29. The summed E-state index contributed by atoms with van der Waals surface area (Å²) in [6.07, 6.45) is 4.31. The molecule has 0 bridgehead atoms. The Morgan fingerprint density at radius 1 is 1.22 bits per heavy atom. The lowest BCUT2D eigenvalue weighted by Gasteiger charge is -2.29. The summed E-state index contributed by atoms with van der Waals surface area (Å²) >= 11 is 0. The maximum Gasteiger partial charge on any atom is 0.328 e. The van der Waals surface area contributed by atoms with Gasteiger partial charge in [-0.1, -0.05) is 25.0 Å². The van der Waals surface area contributed by atoms with Crippen molar-refractivity contribution in [1.82, 2.24) is 5.32 Å². The molecule has 0 radical (unpaired) electrons.